The molecule has 0 amide bonds. The Hall–Kier alpha value is -2.22. The summed E-state index contributed by atoms with van der Waals surface area (Å²) in [4.78, 5) is 12.4. The first-order chi connectivity index (χ1) is 12.0. The van der Waals surface area contributed by atoms with Gasteiger partial charge in [-0.1, -0.05) is 47.5 Å². The molecule has 0 aromatic heterocycles. The van der Waals surface area contributed by atoms with Gasteiger partial charge in [-0.25, -0.2) is 0 Å². The van der Waals surface area contributed by atoms with Gasteiger partial charge in [-0.2, -0.15) is 5.26 Å². The van der Waals surface area contributed by atoms with E-state index in [4.69, 9.17) is 32.7 Å². The summed E-state index contributed by atoms with van der Waals surface area (Å²) >= 11 is 12.1. The van der Waals surface area contributed by atoms with E-state index < -0.39 is 17.8 Å². The lowest BCUT2D eigenvalue weighted by Crippen LogP contribution is -2.24. The molecule has 2 unspecified atom stereocenters. The fraction of sp³-hybridized carbons (Fsp3) is 0.263. The van der Waals surface area contributed by atoms with Gasteiger partial charge in [-0.05, 0) is 30.7 Å². The minimum absolute atomic E-state index is 0.191. The van der Waals surface area contributed by atoms with Crippen LogP contribution in [0.15, 0.2) is 42.5 Å². The van der Waals surface area contributed by atoms with Gasteiger partial charge in [0.25, 0.3) is 0 Å². The van der Waals surface area contributed by atoms with Gasteiger partial charge in [0.15, 0.2) is 5.92 Å². The molecule has 0 N–H and O–H groups in total. The SMILES string of the molecule is CCOC(=O)C(C#N)C(c1ccc(Cl)c(Cl)c1)c1ccccc1OC. The second kappa shape index (κ2) is 8.75. The number of nitrogens with zero attached hydrogens (tertiary/aromatic N) is 1. The van der Waals surface area contributed by atoms with Crippen LogP contribution in [0, 0.1) is 17.2 Å². The van der Waals surface area contributed by atoms with Crippen molar-refractivity contribution < 1.29 is 14.3 Å². The Balaban J connectivity index is 2.64. The maximum absolute atomic E-state index is 12.4. The molecule has 2 rings (SSSR count). The molecule has 0 saturated heterocycles. The molecule has 0 spiro atoms. The Kier molecular flexibility index (Phi) is 6.69. The minimum Gasteiger partial charge on any atom is -0.496 e. The zero-order valence-electron chi connectivity index (χ0n) is 13.8. The van der Waals surface area contributed by atoms with Crippen molar-refractivity contribution in [1.29, 1.82) is 5.26 Å². The highest BCUT2D eigenvalue weighted by atomic mass is 35.5. The van der Waals surface area contributed by atoms with Crippen LogP contribution < -0.4 is 4.74 Å². The van der Waals surface area contributed by atoms with E-state index in [9.17, 15) is 10.1 Å². The average Bonchev–Trinajstić information content (AvgIpc) is 2.62. The van der Waals surface area contributed by atoms with Crippen molar-refractivity contribution in [1.82, 2.24) is 0 Å². The molecule has 2 aromatic carbocycles. The number of methoxy groups -OCH3 is 1. The van der Waals surface area contributed by atoms with E-state index in [1.807, 2.05) is 18.2 Å². The Bertz CT molecular complexity index is 801. The summed E-state index contributed by atoms with van der Waals surface area (Å²) in [5, 5.41) is 10.4. The quantitative estimate of drug-likeness (QED) is 0.675. The van der Waals surface area contributed by atoms with Crippen molar-refractivity contribution in [2.24, 2.45) is 5.92 Å². The molecule has 0 aliphatic rings. The number of benzene rings is 2. The number of hydrogen-bond donors (Lipinski definition) is 0. The third-order valence-electron chi connectivity index (χ3n) is 3.79. The van der Waals surface area contributed by atoms with Crippen LogP contribution in [0.5, 0.6) is 5.75 Å². The Labute approximate surface area is 156 Å². The molecule has 2 aromatic rings. The third kappa shape index (κ3) is 4.25. The largest absolute Gasteiger partial charge is 0.496 e. The zero-order valence-corrected chi connectivity index (χ0v) is 15.3. The molecule has 0 saturated carbocycles. The van der Waals surface area contributed by atoms with Crippen molar-refractivity contribution in [3.8, 4) is 11.8 Å². The van der Waals surface area contributed by atoms with E-state index in [0.29, 0.717) is 26.9 Å². The van der Waals surface area contributed by atoms with Gasteiger partial charge in [-0.3, -0.25) is 4.79 Å². The first-order valence-corrected chi connectivity index (χ1v) is 8.43. The molecule has 0 bridgehead atoms. The first kappa shape index (κ1) is 19.1. The number of rotatable bonds is 6. The number of halogens is 2. The second-order valence-corrected chi connectivity index (χ2v) is 6.07. The van der Waals surface area contributed by atoms with Crippen LogP contribution >= 0.6 is 23.2 Å². The number of hydrogen-bond acceptors (Lipinski definition) is 4. The predicted octanol–water partition coefficient (Wildman–Crippen LogP) is 4.84. The molecule has 130 valence electrons. The average molecular weight is 378 g/mol. The summed E-state index contributed by atoms with van der Waals surface area (Å²) in [5.41, 5.74) is 1.38. The summed E-state index contributed by atoms with van der Waals surface area (Å²) in [6, 6.07) is 14.3. The highest BCUT2D eigenvalue weighted by Crippen LogP contribution is 2.39. The third-order valence-corrected chi connectivity index (χ3v) is 4.53. The van der Waals surface area contributed by atoms with Gasteiger partial charge >= 0.3 is 5.97 Å². The van der Waals surface area contributed by atoms with Crippen LogP contribution in [0.3, 0.4) is 0 Å². The fourth-order valence-electron chi connectivity index (χ4n) is 2.68. The van der Waals surface area contributed by atoms with E-state index in [-0.39, 0.29) is 6.61 Å². The monoisotopic (exact) mass is 377 g/mol. The van der Waals surface area contributed by atoms with Gasteiger partial charge < -0.3 is 9.47 Å². The van der Waals surface area contributed by atoms with Crippen molar-refractivity contribution in [2.75, 3.05) is 13.7 Å². The van der Waals surface area contributed by atoms with Gasteiger partial charge in [0.1, 0.15) is 5.75 Å². The Morgan fingerprint density at radius 3 is 2.52 bits per heavy atom. The number of nitriles is 1. The van der Waals surface area contributed by atoms with Gasteiger partial charge in [0.2, 0.25) is 0 Å². The molecule has 4 nitrogen and oxygen atoms in total. The van der Waals surface area contributed by atoms with Gasteiger partial charge in [0, 0.05) is 11.5 Å². The molecule has 0 fully saturated rings. The summed E-state index contributed by atoms with van der Waals surface area (Å²) in [7, 11) is 1.54. The molecule has 0 aliphatic heterocycles. The Morgan fingerprint density at radius 1 is 1.20 bits per heavy atom. The normalized spacial score (nSPS) is 12.8. The van der Waals surface area contributed by atoms with Gasteiger partial charge in [0.05, 0.1) is 29.8 Å². The lowest BCUT2D eigenvalue weighted by Gasteiger charge is -2.24. The minimum atomic E-state index is -1.05. The topological polar surface area (TPSA) is 59.3 Å². The van der Waals surface area contributed by atoms with Gasteiger partial charge in [-0.15, -0.1) is 0 Å². The van der Waals surface area contributed by atoms with E-state index in [0.717, 1.165) is 0 Å². The van der Waals surface area contributed by atoms with Crippen LogP contribution in [0.25, 0.3) is 0 Å². The first-order valence-electron chi connectivity index (χ1n) is 7.67. The van der Waals surface area contributed by atoms with Crippen molar-refractivity contribution in [2.45, 2.75) is 12.8 Å². The van der Waals surface area contributed by atoms with Crippen molar-refractivity contribution in [3.63, 3.8) is 0 Å². The maximum Gasteiger partial charge on any atom is 0.324 e. The van der Waals surface area contributed by atoms with Crippen LogP contribution in [0.2, 0.25) is 10.0 Å². The summed E-state index contributed by atoms with van der Waals surface area (Å²) in [5.74, 6) is -1.67. The Morgan fingerprint density at radius 2 is 1.92 bits per heavy atom. The molecule has 2 atom stereocenters. The number of para-hydroxylation sites is 1. The second-order valence-electron chi connectivity index (χ2n) is 5.25. The number of carbonyl (C=O) groups is 1. The summed E-state index contributed by atoms with van der Waals surface area (Å²) < 4.78 is 10.5. The van der Waals surface area contributed by atoms with Crippen molar-refractivity contribution in [3.05, 3.63) is 63.6 Å². The van der Waals surface area contributed by atoms with Crippen LogP contribution in [-0.4, -0.2) is 19.7 Å². The van der Waals surface area contributed by atoms with Crippen LogP contribution in [0.1, 0.15) is 24.0 Å². The maximum atomic E-state index is 12.4. The number of esters is 1. The van der Waals surface area contributed by atoms with E-state index in [2.05, 4.69) is 6.07 Å². The highest BCUT2D eigenvalue weighted by Gasteiger charge is 2.34. The van der Waals surface area contributed by atoms with Crippen LogP contribution in [0.4, 0.5) is 0 Å². The molecule has 0 aliphatic carbocycles. The summed E-state index contributed by atoms with van der Waals surface area (Å²) in [6.45, 7) is 1.89. The number of ether oxygens (including phenoxy) is 2. The van der Waals surface area contributed by atoms with Crippen LogP contribution in [-0.2, 0) is 9.53 Å². The smallest absolute Gasteiger partial charge is 0.324 e. The molecule has 6 heteroatoms. The molecule has 0 heterocycles. The molecular weight excluding hydrogens is 361 g/mol. The zero-order chi connectivity index (χ0) is 18.4. The molecular formula is C19H17Cl2NO3. The molecule has 0 radical (unpaired) electrons. The lowest BCUT2D eigenvalue weighted by atomic mass is 9.81. The van der Waals surface area contributed by atoms with Crippen molar-refractivity contribution >= 4 is 29.2 Å². The fourth-order valence-corrected chi connectivity index (χ4v) is 2.98. The molecule has 25 heavy (non-hydrogen) atoms. The van der Waals surface area contributed by atoms with E-state index in [1.165, 1.54) is 7.11 Å². The standard InChI is InChI=1S/C19H17Cl2NO3/c1-3-25-19(23)14(11-22)18(12-8-9-15(20)16(21)10-12)13-6-4-5-7-17(13)24-2/h4-10,14,18H,3H2,1-2H3. The summed E-state index contributed by atoms with van der Waals surface area (Å²) in [6.07, 6.45) is 0. The predicted molar refractivity (Wildman–Crippen MR) is 97.0 cm³/mol. The lowest BCUT2D eigenvalue weighted by molar-refractivity contribution is -0.146. The number of carbonyl (C=O) groups excluding carboxylic acids is 1. The van der Waals surface area contributed by atoms with E-state index in [1.54, 1.807) is 31.2 Å². The van der Waals surface area contributed by atoms with E-state index >= 15 is 0 Å². The highest BCUT2D eigenvalue weighted by molar-refractivity contribution is 6.42.